The van der Waals surface area contributed by atoms with Crippen LogP contribution in [-0.2, 0) is 0 Å². The largest absolute Gasteiger partial charge is 0.361 e. The highest BCUT2D eigenvalue weighted by Gasteiger charge is 2.43. The summed E-state index contributed by atoms with van der Waals surface area (Å²) < 4.78 is 1.40. The third-order valence-corrected chi connectivity index (χ3v) is 14.8. The lowest BCUT2D eigenvalue weighted by Gasteiger charge is -2.39. The van der Waals surface area contributed by atoms with Gasteiger partial charge in [0.05, 0.1) is 6.04 Å². The lowest BCUT2D eigenvalue weighted by atomic mass is 9.85. The molecule has 6 rings (SSSR count). The second-order valence-electron chi connectivity index (χ2n) is 13.7. The van der Waals surface area contributed by atoms with Gasteiger partial charge in [-0.25, -0.2) is 0 Å². The summed E-state index contributed by atoms with van der Waals surface area (Å²) in [6.45, 7) is 4.67. The second-order valence-corrected chi connectivity index (χ2v) is 17.6. The summed E-state index contributed by atoms with van der Waals surface area (Å²) >= 11 is 8.37. The fourth-order valence-corrected chi connectivity index (χ4v) is 12.8. The second kappa shape index (κ2) is 15.1. The third kappa shape index (κ3) is 6.96. The molecule has 0 aromatic rings. The number of allylic oxidation sites excluding steroid dienone is 7. The maximum atomic E-state index is 3.91. The molecule has 0 N–H and O–H groups in total. The van der Waals surface area contributed by atoms with Gasteiger partial charge >= 0.3 is 0 Å². The molecule has 7 atom stereocenters. The summed E-state index contributed by atoms with van der Waals surface area (Å²) in [4.78, 5) is 4.66. The number of thioether (sulfide) groups is 2. The van der Waals surface area contributed by atoms with E-state index < -0.39 is 0 Å². The van der Waals surface area contributed by atoms with Crippen molar-refractivity contribution in [1.29, 1.82) is 0 Å². The Morgan fingerprint density at radius 2 is 1.67 bits per heavy atom. The summed E-state index contributed by atoms with van der Waals surface area (Å²) in [6.07, 6.45) is 40.5. The molecule has 42 heavy (non-hydrogen) atoms. The van der Waals surface area contributed by atoms with Crippen LogP contribution in [0.3, 0.4) is 0 Å². The quantitative estimate of drug-likeness (QED) is 0.142. The minimum Gasteiger partial charge on any atom is -0.361 e. The van der Waals surface area contributed by atoms with E-state index in [9.17, 15) is 0 Å². The maximum absolute atomic E-state index is 3.91. The highest BCUT2D eigenvalue weighted by atomic mass is 79.9. The molecule has 3 aliphatic carbocycles. The first-order valence-electron chi connectivity index (χ1n) is 17.6. The van der Waals surface area contributed by atoms with E-state index in [2.05, 4.69) is 101 Å². The molecule has 1 nitrogen and oxygen atoms in total. The third-order valence-electron chi connectivity index (χ3n) is 10.8. The molecule has 0 aromatic carbocycles. The molecule has 0 aromatic heterocycles. The van der Waals surface area contributed by atoms with E-state index >= 15 is 0 Å². The van der Waals surface area contributed by atoms with Crippen molar-refractivity contribution in [2.75, 3.05) is 0 Å². The molecule has 7 unspecified atom stereocenters. The molecular formula is C38H54BrNS2. The van der Waals surface area contributed by atoms with Crippen LogP contribution in [0.2, 0.25) is 0 Å². The van der Waals surface area contributed by atoms with E-state index in [0.29, 0.717) is 23.9 Å². The van der Waals surface area contributed by atoms with Crippen molar-refractivity contribution in [1.82, 2.24) is 4.90 Å². The van der Waals surface area contributed by atoms with Gasteiger partial charge in [-0.15, -0.1) is 23.5 Å². The first-order chi connectivity index (χ1) is 20.7. The average molecular weight is 669 g/mol. The Kier molecular flexibility index (Phi) is 11.3. The standard InChI is InChI=1S/C38H54BrNS2/c1-3-5-7-9-15-28-25-35(38-29(26-36(39)42-38)16-10-8-6-4-2)41-37(28)27-21-23-30(24-22-27)40-33-19-13-11-17-31(33)32-18-12-14-20-34(32)40/h11,13,17,19,21,23,26-27,29-31,33,35,38H,3-10,12,14-16,18,20,22,24-25H2,1-2H3. The van der Waals surface area contributed by atoms with Gasteiger partial charge in [0.2, 0.25) is 0 Å². The van der Waals surface area contributed by atoms with Gasteiger partial charge in [-0.1, -0.05) is 107 Å². The zero-order valence-corrected chi connectivity index (χ0v) is 29.5. The molecule has 0 radical (unpaired) electrons. The molecule has 0 saturated carbocycles. The van der Waals surface area contributed by atoms with Gasteiger partial charge in [0.15, 0.2) is 0 Å². The topological polar surface area (TPSA) is 3.24 Å². The number of hydrogen-bond acceptors (Lipinski definition) is 3. The van der Waals surface area contributed by atoms with Crippen LogP contribution in [0.5, 0.6) is 0 Å². The van der Waals surface area contributed by atoms with E-state index in [4.69, 9.17) is 0 Å². The van der Waals surface area contributed by atoms with E-state index in [0.717, 1.165) is 16.4 Å². The van der Waals surface area contributed by atoms with Gasteiger partial charge in [0.1, 0.15) is 0 Å². The van der Waals surface area contributed by atoms with Crippen molar-refractivity contribution in [3.63, 3.8) is 0 Å². The number of hydrogen-bond donors (Lipinski definition) is 0. The summed E-state index contributed by atoms with van der Waals surface area (Å²) in [5.41, 5.74) is 5.32. The molecule has 0 saturated heterocycles. The van der Waals surface area contributed by atoms with Gasteiger partial charge in [0, 0.05) is 37.9 Å². The van der Waals surface area contributed by atoms with Gasteiger partial charge in [-0.05, 0) is 96.5 Å². The average Bonchev–Trinajstić information content (AvgIpc) is 3.71. The normalized spacial score (nSPS) is 34.0. The zero-order chi connectivity index (χ0) is 28.9. The first kappa shape index (κ1) is 31.4. The number of unbranched alkanes of at least 4 members (excludes halogenated alkanes) is 6. The smallest absolute Gasteiger partial charge is 0.0580 e. The van der Waals surface area contributed by atoms with Gasteiger partial charge < -0.3 is 4.90 Å². The van der Waals surface area contributed by atoms with Crippen molar-refractivity contribution in [2.24, 2.45) is 17.8 Å². The highest BCUT2D eigenvalue weighted by Crippen LogP contribution is 2.55. The first-order valence-corrected chi connectivity index (χ1v) is 20.2. The molecule has 0 spiro atoms. The van der Waals surface area contributed by atoms with Crippen LogP contribution in [0.25, 0.3) is 0 Å². The van der Waals surface area contributed by atoms with Crippen molar-refractivity contribution in [3.05, 3.63) is 68.1 Å². The molecule has 6 aliphatic rings. The van der Waals surface area contributed by atoms with Crippen LogP contribution in [0, 0.1) is 17.8 Å². The number of rotatable bonds is 13. The zero-order valence-electron chi connectivity index (χ0n) is 26.2. The molecule has 0 bridgehead atoms. The SMILES string of the molecule is CCCCCCC1=C(C2C=CC(N3C4=C(CCCC4)C4C=CC=CC43)CC2)SC(C2SC(Br)=CC2CCCCCC)C1. The van der Waals surface area contributed by atoms with Crippen LogP contribution in [0.4, 0.5) is 0 Å². The van der Waals surface area contributed by atoms with E-state index in [-0.39, 0.29) is 0 Å². The Morgan fingerprint density at radius 3 is 2.48 bits per heavy atom. The Hall–Kier alpha value is -0.580. The Balaban J connectivity index is 1.15. The minimum atomic E-state index is 0.558. The summed E-state index contributed by atoms with van der Waals surface area (Å²) in [6, 6.07) is 1.13. The number of fused-ring (bicyclic) bond motifs is 2. The Bertz CT molecular complexity index is 1130. The van der Waals surface area contributed by atoms with Crippen LogP contribution in [-0.4, -0.2) is 27.5 Å². The predicted molar refractivity (Wildman–Crippen MR) is 191 cm³/mol. The van der Waals surface area contributed by atoms with Crippen LogP contribution in [0.1, 0.15) is 123 Å². The van der Waals surface area contributed by atoms with E-state index in [1.165, 1.54) is 113 Å². The van der Waals surface area contributed by atoms with Gasteiger partial charge in [-0.2, -0.15) is 0 Å². The molecule has 3 heterocycles. The predicted octanol–water partition coefficient (Wildman–Crippen LogP) is 12.2. The van der Waals surface area contributed by atoms with Crippen LogP contribution in [0.15, 0.2) is 68.1 Å². The lowest BCUT2D eigenvalue weighted by Crippen LogP contribution is -2.41. The molecular weight excluding hydrogens is 614 g/mol. The molecule has 3 aliphatic heterocycles. The monoisotopic (exact) mass is 667 g/mol. The summed E-state index contributed by atoms with van der Waals surface area (Å²) in [5, 5.41) is 1.48. The fraction of sp³-hybridized carbons (Fsp3) is 0.684. The maximum Gasteiger partial charge on any atom is 0.0580 e. The Labute approximate surface area is 274 Å². The number of halogens is 1. The van der Waals surface area contributed by atoms with Crippen molar-refractivity contribution in [2.45, 2.75) is 146 Å². The van der Waals surface area contributed by atoms with Crippen LogP contribution < -0.4 is 0 Å². The lowest BCUT2D eigenvalue weighted by molar-refractivity contribution is 0.223. The van der Waals surface area contributed by atoms with Crippen molar-refractivity contribution < 1.29 is 0 Å². The fourth-order valence-electron chi connectivity index (χ4n) is 8.69. The highest BCUT2D eigenvalue weighted by molar-refractivity contribution is 9.14. The minimum absolute atomic E-state index is 0.558. The molecule has 0 amide bonds. The van der Waals surface area contributed by atoms with Crippen LogP contribution >= 0.6 is 39.5 Å². The van der Waals surface area contributed by atoms with Gasteiger partial charge in [-0.3, -0.25) is 0 Å². The molecule has 230 valence electrons. The van der Waals surface area contributed by atoms with E-state index in [1.807, 2.05) is 5.57 Å². The Morgan fingerprint density at radius 1 is 0.857 bits per heavy atom. The molecule has 0 fully saturated rings. The molecule has 4 heteroatoms. The van der Waals surface area contributed by atoms with Crippen molar-refractivity contribution in [3.8, 4) is 0 Å². The van der Waals surface area contributed by atoms with E-state index in [1.54, 1.807) is 16.2 Å². The van der Waals surface area contributed by atoms with Crippen molar-refractivity contribution >= 4 is 39.5 Å². The summed E-state index contributed by atoms with van der Waals surface area (Å²) in [7, 11) is 0. The summed E-state index contributed by atoms with van der Waals surface area (Å²) in [5.74, 6) is 2.01. The van der Waals surface area contributed by atoms with Gasteiger partial charge in [0.25, 0.3) is 0 Å². The number of nitrogens with zero attached hydrogens (tertiary/aromatic N) is 1.